The van der Waals surface area contributed by atoms with Crippen molar-refractivity contribution in [3.8, 4) is 0 Å². The van der Waals surface area contributed by atoms with Crippen molar-refractivity contribution in [2.24, 2.45) is 5.92 Å². The van der Waals surface area contributed by atoms with Gasteiger partial charge in [0, 0.05) is 25.2 Å². The molecule has 3 nitrogen and oxygen atoms in total. The predicted octanol–water partition coefficient (Wildman–Crippen LogP) is 2.55. The minimum atomic E-state index is -0.727. The number of anilines is 1. The lowest BCUT2D eigenvalue weighted by atomic mass is 9.95. The number of rotatable bonds is 5. The molecule has 0 radical (unpaired) electrons. The highest BCUT2D eigenvalue weighted by molar-refractivity contribution is 5.68. The molecule has 3 heteroatoms. The van der Waals surface area contributed by atoms with Crippen molar-refractivity contribution in [2.45, 2.75) is 26.2 Å². The summed E-state index contributed by atoms with van der Waals surface area (Å²) >= 11 is 0. The molecule has 1 aliphatic rings. The van der Waals surface area contributed by atoms with Gasteiger partial charge in [-0.3, -0.25) is 4.79 Å². The second-order valence-electron chi connectivity index (χ2n) is 4.70. The van der Waals surface area contributed by atoms with Gasteiger partial charge in [0.15, 0.2) is 0 Å². The summed E-state index contributed by atoms with van der Waals surface area (Å²) in [7, 11) is 0. The smallest absolute Gasteiger partial charge is 0.303 e. The van der Waals surface area contributed by atoms with Crippen LogP contribution in [0.4, 0.5) is 5.69 Å². The third kappa shape index (κ3) is 2.78. The van der Waals surface area contributed by atoms with Gasteiger partial charge < -0.3 is 10.0 Å². The number of benzene rings is 1. The van der Waals surface area contributed by atoms with Crippen LogP contribution in [0.1, 0.15) is 25.3 Å². The lowest BCUT2D eigenvalue weighted by molar-refractivity contribution is -0.136. The first kappa shape index (κ1) is 12.0. The number of hydrogen-bond acceptors (Lipinski definition) is 2. The predicted molar refractivity (Wildman–Crippen MR) is 68.4 cm³/mol. The topological polar surface area (TPSA) is 40.5 Å². The van der Waals surface area contributed by atoms with Gasteiger partial charge in [-0.25, -0.2) is 0 Å². The van der Waals surface area contributed by atoms with Gasteiger partial charge in [-0.15, -0.1) is 0 Å². The molecule has 1 heterocycles. The van der Waals surface area contributed by atoms with E-state index in [1.165, 1.54) is 12.1 Å². The zero-order chi connectivity index (χ0) is 12.3. The number of hydrogen-bond donors (Lipinski definition) is 1. The van der Waals surface area contributed by atoms with E-state index in [4.69, 9.17) is 5.11 Å². The van der Waals surface area contributed by atoms with E-state index in [-0.39, 0.29) is 6.42 Å². The minimum Gasteiger partial charge on any atom is -0.481 e. The van der Waals surface area contributed by atoms with Crippen LogP contribution in [-0.4, -0.2) is 24.2 Å². The Morgan fingerprint density at radius 1 is 1.41 bits per heavy atom. The molecule has 0 aromatic heterocycles. The molecule has 92 valence electrons. The van der Waals surface area contributed by atoms with E-state index in [1.807, 2.05) is 18.2 Å². The lowest BCUT2D eigenvalue weighted by Gasteiger charge is -2.41. The molecule has 0 aliphatic carbocycles. The fourth-order valence-electron chi connectivity index (χ4n) is 2.30. The molecular weight excluding hydrogens is 214 g/mol. The summed E-state index contributed by atoms with van der Waals surface area (Å²) in [6, 6.07) is 8.15. The summed E-state index contributed by atoms with van der Waals surface area (Å²) in [5, 5.41) is 8.74. The Bertz CT molecular complexity index is 397. The van der Waals surface area contributed by atoms with Gasteiger partial charge in [0.2, 0.25) is 0 Å². The molecular formula is C14H19NO2. The zero-order valence-corrected chi connectivity index (χ0v) is 10.2. The van der Waals surface area contributed by atoms with Crippen molar-refractivity contribution in [1.82, 2.24) is 0 Å². The molecule has 0 spiro atoms. The number of carboxylic acid groups (broad SMARTS) is 1. The average Bonchev–Trinajstić information content (AvgIpc) is 2.26. The van der Waals surface area contributed by atoms with Crippen LogP contribution in [-0.2, 0) is 11.2 Å². The number of aryl methyl sites for hydroxylation is 1. The van der Waals surface area contributed by atoms with E-state index in [1.54, 1.807) is 0 Å². The number of nitrogens with zero attached hydrogens (tertiary/aromatic N) is 1. The first-order valence-corrected chi connectivity index (χ1v) is 6.25. The van der Waals surface area contributed by atoms with Gasteiger partial charge in [-0.1, -0.05) is 25.1 Å². The number of aliphatic carboxylic acids is 1. The normalized spacial score (nSPS) is 15.7. The van der Waals surface area contributed by atoms with Crippen LogP contribution >= 0.6 is 0 Å². The Balaban J connectivity index is 2.03. The standard InChI is InChI=1S/C14H19NO2/c1-2-11-9-15(10-11)13-6-4-3-5-12(13)7-8-14(16)17/h3-6,11H,2,7-10H2,1H3,(H,16,17). The molecule has 1 N–H and O–H groups in total. The molecule has 1 aliphatic heterocycles. The molecule has 1 saturated heterocycles. The molecule has 17 heavy (non-hydrogen) atoms. The highest BCUT2D eigenvalue weighted by Crippen LogP contribution is 2.29. The van der Waals surface area contributed by atoms with Gasteiger partial charge in [0.1, 0.15) is 0 Å². The minimum absolute atomic E-state index is 0.210. The summed E-state index contributed by atoms with van der Waals surface area (Å²) in [5.41, 5.74) is 2.38. The Kier molecular flexibility index (Phi) is 3.67. The van der Waals surface area contributed by atoms with Gasteiger partial charge in [-0.05, 0) is 30.4 Å². The fraction of sp³-hybridized carbons (Fsp3) is 0.500. The Morgan fingerprint density at radius 3 is 2.76 bits per heavy atom. The lowest BCUT2D eigenvalue weighted by Crippen LogP contribution is -2.46. The van der Waals surface area contributed by atoms with Crippen molar-refractivity contribution >= 4 is 11.7 Å². The van der Waals surface area contributed by atoms with Gasteiger partial charge >= 0.3 is 5.97 Å². The highest BCUT2D eigenvalue weighted by atomic mass is 16.4. The average molecular weight is 233 g/mol. The third-order valence-electron chi connectivity index (χ3n) is 3.48. The van der Waals surface area contributed by atoms with Crippen LogP contribution in [0.15, 0.2) is 24.3 Å². The van der Waals surface area contributed by atoms with Gasteiger partial charge in [0.05, 0.1) is 0 Å². The molecule has 1 aromatic carbocycles. The van der Waals surface area contributed by atoms with E-state index in [0.29, 0.717) is 6.42 Å². The van der Waals surface area contributed by atoms with Crippen LogP contribution in [0.2, 0.25) is 0 Å². The molecule has 0 unspecified atom stereocenters. The number of para-hydroxylation sites is 1. The van der Waals surface area contributed by atoms with E-state index in [9.17, 15) is 4.79 Å². The quantitative estimate of drug-likeness (QED) is 0.849. The monoisotopic (exact) mass is 233 g/mol. The van der Waals surface area contributed by atoms with E-state index in [0.717, 1.165) is 24.6 Å². The third-order valence-corrected chi connectivity index (χ3v) is 3.48. The van der Waals surface area contributed by atoms with Crippen molar-refractivity contribution in [2.75, 3.05) is 18.0 Å². The molecule has 1 fully saturated rings. The van der Waals surface area contributed by atoms with E-state index < -0.39 is 5.97 Å². The maximum Gasteiger partial charge on any atom is 0.303 e. The van der Waals surface area contributed by atoms with Crippen LogP contribution in [0.5, 0.6) is 0 Å². The highest BCUT2D eigenvalue weighted by Gasteiger charge is 2.26. The zero-order valence-electron chi connectivity index (χ0n) is 10.2. The summed E-state index contributed by atoms with van der Waals surface area (Å²) < 4.78 is 0. The fourth-order valence-corrected chi connectivity index (χ4v) is 2.30. The maximum absolute atomic E-state index is 10.6. The number of carbonyl (C=O) groups is 1. The summed E-state index contributed by atoms with van der Waals surface area (Å²) in [4.78, 5) is 13.0. The van der Waals surface area contributed by atoms with Crippen LogP contribution in [0, 0.1) is 5.92 Å². The van der Waals surface area contributed by atoms with Crippen molar-refractivity contribution in [1.29, 1.82) is 0 Å². The molecule has 1 aromatic rings. The Morgan fingerprint density at radius 2 is 2.12 bits per heavy atom. The maximum atomic E-state index is 10.6. The second kappa shape index (κ2) is 5.21. The van der Waals surface area contributed by atoms with Crippen molar-refractivity contribution < 1.29 is 9.90 Å². The summed E-state index contributed by atoms with van der Waals surface area (Å²) in [6.45, 7) is 4.44. The van der Waals surface area contributed by atoms with Crippen LogP contribution in [0.3, 0.4) is 0 Å². The second-order valence-corrected chi connectivity index (χ2v) is 4.70. The van der Waals surface area contributed by atoms with Crippen LogP contribution in [0.25, 0.3) is 0 Å². The van der Waals surface area contributed by atoms with Crippen LogP contribution < -0.4 is 4.90 Å². The first-order valence-electron chi connectivity index (χ1n) is 6.25. The van der Waals surface area contributed by atoms with Crippen molar-refractivity contribution in [3.05, 3.63) is 29.8 Å². The van der Waals surface area contributed by atoms with E-state index in [2.05, 4.69) is 17.9 Å². The molecule has 0 bridgehead atoms. The summed E-state index contributed by atoms with van der Waals surface area (Å²) in [5.74, 6) is 0.0809. The Labute approximate surface area is 102 Å². The molecule has 0 saturated carbocycles. The first-order chi connectivity index (χ1) is 8.20. The SMILES string of the molecule is CCC1CN(c2ccccc2CCC(=O)O)C1. The molecule has 0 atom stereocenters. The van der Waals surface area contributed by atoms with E-state index >= 15 is 0 Å². The molecule has 2 rings (SSSR count). The van der Waals surface area contributed by atoms with Crippen molar-refractivity contribution in [3.63, 3.8) is 0 Å². The number of carboxylic acids is 1. The Hall–Kier alpha value is -1.51. The van der Waals surface area contributed by atoms with Gasteiger partial charge in [0.25, 0.3) is 0 Å². The largest absolute Gasteiger partial charge is 0.481 e. The van der Waals surface area contributed by atoms with Gasteiger partial charge in [-0.2, -0.15) is 0 Å². The molecule has 0 amide bonds. The summed E-state index contributed by atoms with van der Waals surface area (Å²) in [6.07, 6.45) is 2.06.